The van der Waals surface area contributed by atoms with Gasteiger partial charge in [-0.05, 0) is 55.1 Å². The average molecular weight is 434 g/mol. The second-order valence-electron chi connectivity index (χ2n) is 8.22. The van der Waals surface area contributed by atoms with Crippen LogP contribution in [0.1, 0.15) is 30.4 Å². The molecule has 32 heavy (non-hydrogen) atoms. The third kappa shape index (κ3) is 6.34. The largest absolute Gasteiger partial charge is 0.364 e. The fourth-order valence-electron chi connectivity index (χ4n) is 4.00. The van der Waals surface area contributed by atoms with Gasteiger partial charge >= 0.3 is 0 Å². The van der Waals surface area contributed by atoms with E-state index in [4.69, 9.17) is 0 Å². The van der Waals surface area contributed by atoms with Gasteiger partial charge in [0.15, 0.2) is 5.82 Å². The van der Waals surface area contributed by atoms with Crippen molar-refractivity contribution in [3.05, 3.63) is 84.1 Å². The molecule has 2 heterocycles. The first-order valence-electron chi connectivity index (χ1n) is 11.0. The van der Waals surface area contributed by atoms with E-state index in [1.807, 2.05) is 6.07 Å². The number of carbonyl (C=O) groups excluding carboxylic acids is 1. The molecule has 2 aromatic carbocycles. The van der Waals surface area contributed by atoms with Gasteiger partial charge in [-0.2, -0.15) is 0 Å². The van der Waals surface area contributed by atoms with Crippen LogP contribution in [-0.4, -0.2) is 33.9 Å². The van der Waals surface area contributed by atoms with Crippen LogP contribution < -0.4 is 10.6 Å². The monoisotopic (exact) mass is 433 g/mol. The third-order valence-corrected chi connectivity index (χ3v) is 5.79. The highest BCUT2D eigenvalue weighted by Crippen LogP contribution is 2.24. The number of amides is 1. The van der Waals surface area contributed by atoms with E-state index < -0.39 is 0 Å². The van der Waals surface area contributed by atoms with E-state index in [-0.39, 0.29) is 11.7 Å². The van der Waals surface area contributed by atoms with Crippen LogP contribution in [0.25, 0.3) is 0 Å². The summed E-state index contributed by atoms with van der Waals surface area (Å²) < 4.78 is 13.1. The molecule has 0 spiro atoms. The lowest BCUT2D eigenvalue weighted by Crippen LogP contribution is -2.34. The van der Waals surface area contributed by atoms with Crippen molar-refractivity contribution >= 4 is 17.4 Å². The molecule has 1 saturated heterocycles. The Hall–Kier alpha value is -3.32. The van der Waals surface area contributed by atoms with Gasteiger partial charge in [0.05, 0.1) is 6.20 Å². The minimum Gasteiger partial charge on any atom is -0.364 e. The molecule has 1 amide bonds. The highest BCUT2D eigenvalue weighted by Gasteiger charge is 2.22. The predicted molar refractivity (Wildman–Crippen MR) is 123 cm³/mol. The number of hydrogen-bond donors (Lipinski definition) is 2. The van der Waals surface area contributed by atoms with Crippen molar-refractivity contribution < 1.29 is 9.18 Å². The summed E-state index contributed by atoms with van der Waals surface area (Å²) in [5.41, 5.74) is 2.80. The number of likely N-dealkylation sites (tertiary alicyclic amines) is 1. The zero-order valence-corrected chi connectivity index (χ0v) is 18.0. The highest BCUT2D eigenvalue weighted by molar-refractivity contribution is 5.93. The van der Waals surface area contributed by atoms with Crippen LogP contribution in [0.4, 0.5) is 15.9 Å². The molecule has 0 unspecified atom stereocenters. The topological polar surface area (TPSA) is 70.2 Å². The molecular formula is C25H28FN5O. The van der Waals surface area contributed by atoms with Crippen molar-refractivity contribution in [3.63, 3.8) is 0 Å². The molecule has 166 valence electrons. The minimum absolute atomic E-state index is 0.0221. The van der Waals surface area contributed by atoms with Gasteiger partial charge in [-0.25, -0.2) is 14.4 Å². The fraction of sp³-hybridized carbons (Fsp3) is 0.320. The van der Waals surface area contributed by atoms with Gasteiger partial charge in [-0.3, -0.25) is 9.69 Å². The average Bonchev–Trinajstić information content (AvgIpc) is 2.81. The van der Waals surface area contributed by atoms with Crippen LogP contribution >= 0.6 is 0 Å². The maximum atomic E-state index is 13.1. The van der Waals surface area contributed by atoms with Gasteiger partial charge in [0.2, 0.25) is 5.91 Å². The van der Waals surface area contributed by atoms with Crippen molar-refractivity contribution in [2.45, 2.75) is 32.4 Å². The molecule has 0 atom stereocenters. The van der Waals surface area contributed by atoms with Crippen LogP contribution in [0.5, 0.6) is 0 Å². The molecule has 0 radical (unpaired) electrons. The molecule has 4 rings (SSSR count). The number of benzene rings is 2. The molecule has 0 bridgehead atoms. The summed E-state index contributed by atoms with van der Waals surface area (Å²) >= 11 is 0. The summed E-state index contributed by atoms with van der Waals surface area (Å²) in [5.74, 6) is 0.637. The molecule has 1 fully saturated rings. The predicted octanol–water partition coefficient (Wildman–Crippen LogP) is 4.47. The standard InChI is InChI=1S/C25H28FN5O/c26-22-8-6-20(7-9-22)15-28-25-23(16-27-18-29-25)30-24(32)14-19-10-12-31(13-11-19)17-21-4-2-1-3-5-21/h1-9,16,18-19H,10-15,17H2,(H,30,32)(H,27,28,29). The minimum atomic E-state index is -0.269. The zero-order chi connectivity index (χ0) is 22.2. The number of rotatable bonds is 8. The van der Waals surface area contributed by atoms with Crippen LogP contribution in [-0.2, 0) is 17.9 Å². The Kier molecular flexibility index (Phi) is 7.40. The Balaban J connectivity index is 1.25. The van der Waals surface area contributed by atoms with Gasteiger partial charge in [-0.1, -0.05) is 42.5 Å². The van der Waals surface area contributed by atoms with E-state index in [2.05, 4.69) is 49.8 Å². The molecule has 0 saturated carbocycles. The Bertz CT molecular complexity index is 1000. The van der Waals surface area contributed by atoms with Crippen molar-refractivity contribution in [1.82, 2.24) is 14.9 Å². The maximum Gasteiger partial charge on any atom is 0.224 e. The summed E-state index contributed by atoms with van der Waals surface area (Å²) in [6.45, 7) is 3.45. The maximum absolute atomic E-state index is 13.1. The quantitative estimate of drug-likeness (QED) is 0.549. The van der Waals surface area contributed by atoms with E-state index in [1.165, 1.54) is 24.0 Å². The van der Waals surface area contributed by atoms with E-state index in [0.717, 1.165) is 38.0 Å². The number of anilines is 2. The van der Waals surface area contributed by atoms with Gasteiger partial charge < -0.3 is 10.6 Å². The van der Waals surface area contributed by atoms with Crippen molar-refractivity contribution in [2.75, 3.05) is 23.7 Å². The summed E-state index contributed by atoms with van der Waals surface area (Å²) in [6, 6.07) is 16.8. The van der Waals surface area contributed by atoms with Crippen molar-refractivity contribution in [3.8, 4) is 0 Å². The van der Waals surface area contributed by atoms with Crippen LogP contribution in [0.3, 0.4) is 0 Å². The number of halogens is 1. The SMILES string of the molecule is O=C(CC1CCN(Cc2ccccc2)CC1)Nc1cncnc1NCc1ccc(F)cc1. The van der Waals surface area contributed by atoms with E-state index in [1.54, 1.807) is 18.3 Å². The normalized spacial score (nSPS) is 14.8. The molecule has 2 N–H and O–H groups in total. The lowest BCUT2D eigenvalue weighted by atomic mass is 9.93. The lowest BCUT2D eigenvalue weighted by Gasteiger charge is -2.31. The van der Waals surface area contributed by atoms with E-state index in [0.29, 0.717) is 30.4 Å². The number of hydrogen-bond acceptors (Lipinski definition) is 5. The Morgan fingerprint density at radius 3 is 2.53 bits per heavy atom. The van der Waals surface area contributed by atoms with Crippen LogP contribution in [0.2, 0.25) is 0 Å². The Morgan fingerprint density at radius 2 is 1.78 bits per heavy atom. The molecule has 3 aromatic rings. The van der Waals surface area contributed by atoms with Crippen molar-refractivity contribution in [2.24, 2.45) is 5.92 Å². The van der Waals surface area contributed by atoms with Crippen LogP contribution in [0.15, 0.2) is 67.1 Å². The summed E-state index contributed by atoms with van der Waals surface area (Å²) in [4.78, 5) is 23.4. The number of carbonyl (C=O) groups is 1. The Morgan fingerprint density at radius 1 is 1.03 bits per heavy atom. The fourth-order valence-corrected chi connectivity index (χ4v) is 4.00. The second kappa shape index (κ2) is 10.8. The summed E-state index contributed by atoms with van der Waals surface area (Å²) in [5, 5.41) is 6.15. The highest BCUT2D eigenvalue weighted by atomic mass is 19.1. The molecule has 7 heteroatoms. The third-order valence-electron chi connectivity index (χ3n) is 5.79. The molecule has 1 aliphatic rings. The molecule has 0 aliphatic carbocycles. The van der Waals surface area contributed by atoms with Gasteiger partial charge in [0.1, 0.15) is 17.8 Å². The Labute approximate surface area is 187 Å². The van der Waals surface area contributed by atoms with Crippen molar-refractivity contribution in [1.29, 1.82) is 0 Å². The first-order valence-corrected chi connectivity index (χ1v) is 11.0. The number of nitrogens with one attached hydrogen (secondary N) is 2. The van der Waals surface area contributed by atoms with Gasteiger partial charge in [-0.15, -0.1) is 0 Å². The zero-order valence-electron chi connectivity index (χ0n) is 18.0. The smallest absolute Gasteiger partial charge is 0.224 e. The summed E-state index contributed by atoms with van der Waals surface area (Å²) in [6.07, 6.45) is 5.55. The number of aromatic nitrogens is 2. The molecule has 1 aromatic heterocycles. The summed E-state index contributed by atoms with van der Waals surface area (Å²) in [7, 11) is 0. The first kappa shape index (κ1) is 21.9. The number of piperidine rings is 1. The lowest BCUT2D eigenvalue weighted by molar-refractivity contribution is -0.117. The molecule has 1 aliphatic heterocycles. The first-order chi connectivity index (χ1) is 15.7. The second-order valence-corrected chi connectivity index (χ2v) is 8.22. The van der Waals surface area contributed by atoms with E-state index >= 15 is 0 Å². The van der Waals surface area contributed by atoms with E-state index in [9.17, 15) is 9.18 Å². The molecular weight excluding hydrogens is 405 g/mol. The van der Waals surface area contributed by atoms with Gasteiger partial charge in [0.25, 0.3) is 0 Å². The van der Waals surface area contributed by atoms with Gasteiger partial charge in [0, 0.05) is 19.5 Å². The molecule has 6 nitrogen and oxygen atoms in total. The number of nitrogens with zero attached hydrogens (tertiary/aromatic N) is 3. The van der Waals surface area contributed by atoms with Crippen LogP contribution in [0, 0.1) is 11.7 Å².